The topological polar surface area (TPSA) is 47.1 Å². The van der Waals surface area contributed by atoms with Crippen LogP contribution in [-0.4, -0.2) is 39.9 Å². The van der Waals surface area contributed by atoms with Gasteiger partial charge in [-0.2, -0.15) is 5.10 Å². The Morgan fingerprint density at radius 2 is 2.38 bits per heavy atom. The smallest absolute Gasteiger partial charge is 0.0522 e. The molecule has 2 N–H and O–H groups in total. The van der Waals surface area contributed by atoms with Crippen LogP contribution in [0.25, 0.3) is 0 Å². The second kappa shape index (κ2) is 4.97. The van der Waals surface area contributed by atoms with Crippen molar-refractivity contribution in [3.63, 3.8) is 0 Å². The first-order valence-corrected chi connectivity index (χ1v) is 6.12. The zero-order valence-corrected chi connectivity index (χ0v) is 10.3. The molecule has 1 aromatic heterocycles. The lowest BCUT2D eigenvalue weighted by molar-refractivity contribution is 0.149. The van der Waals surface area contributed by atoms with Gasteiger partial charge >= 0.3 is 0 Å². The molecule has 16 heavy (non-hydrogen) atoms. The molecule has 1 aliphatic rings. The Morgan fingerprint density at radius 3 is 3.00 bits per heavy atom. The molecule has 0 aromatic carbocycles. The Labute approximate surface area is 97.4 Å². The Hall–Kier alpha value is -0.870. The summed E-state index contributed by atoms with van der Waals surface area (Å²) in [5.41, 5.74) is 7.28. The Bertz CT molecular complexity index is 334. The standard InChI is InChI=1S/C12H22N4/c1-10-7-12(13)4-6-16(10)5-3-11-8-14-15(2)9-11/h8-10,12H,3-7,13H2,1-2H3. The summed E-state index contributed by atoms with van der Waals surface area (Å²) in [7, 11) is 1.96. The number of hydrogen-bond donors (Lipinski definition) is 1. The fourth-order valence-electron chi connectivity index (χ4n) is 2.46. The van der Waals surface area contributed by atoms with Crippen molar-refractivity contribution >= 4 is 0 Å². The number of piperidine rings is 1. The van der Waals surface area contributed by atoms with Crippen molar-refractivity contribution in [2.45, 2.75) is 38.3 Å². The minimum absolute atomic E-state index is 0.407. The van der Waals surface area contributed by atoms with Gasteiger partial charge in [-0.3, -0.25) is 4.68 Å². The van der Waals surface area contributed by atoms with Crippen molar-refractivity contribution in [2.24, 2.45) is 12.8 Å². The molecular formula is C12H22N4. The summed E-state index contributed by atoms with van der Waals surface area (Å²) in [6, 6.07) is 1.03. The molecule has 1 aromatic rings. The van der Waals surface area contributed by atoms with Crippen LogP contribution in [0, 0.1) is 0 Å². The molecule has 1 saturated heterocycles. The molecule has 0 saturated carbocycles. The van der Waals surface area contributed by atoms with Crippen molar-refractivity contribution in [1.82, 2.24) is 14.7 Å². The van der Waals surface area contributed by atoms with Gasteiger partial charge in [0.1, 0.15) is 0 Å². The molecule has 0 bridgehead atoms. The summed E-state index contributed by atoms with van der Waals surface area (Å²) in [6.45, 7) is 4.55. The van der Waals surface area contributed by atoms with Crippen LogP contribution < -0.4 is 5.73 Å². The molecule has 1 aliphatic heterocycles. The van der Waals surface area contributed by atoms with Crippen LogP contribution in [0.1, 0.15) is 25.3 Å². The molecule has 0 amide bonds. The third kappa shape index (κ3) is 2.83. The van der Waals surface area contributed by atoms with Crippen LogP contribution in [0.3, 0.4) is 0 Å². The summed E-state index contributed by atoms with van der Waals surface area (Å²) in [5.74, 6) is 0. The third-order valence-corrected chi connectivity index (χ3v) is 3.50. The number of likely N-dealkylation sites (tertiary alicyclic amines) is 1. The first-order valence-electron chi connectivity index (χ1n) is 6.12. The van der Waals surface area contributed by atoms with Gasteiger partial charge in [0, 0.05) is 31.9 Å². The Kier molecular flexibility index (Phi) is 3.61. The van der Waals surface area contributed by atoms with E-state index in [0.29, 0.717) is 12.1 Å². The van der Waals surface area contributed by atoms with Gasteiger partial charge < -0.3 is 10.6 Å². The fourth-order valence-corrected chi connectivity index (χ4v) is 2.46. The highest BCUT2D eigenvalue weighted by Crippen LogP contribution is 2.16. The van der Waals surface area contributed by atoms with E-state index < -0.39 is 0 Å². The van der Waals surface area contributed by atoms with E-state index in [1.807, 2.05) is 17.9 Å². The van der Waals surface area contributed by atoms with Crippen LogP contribution >= 0.6 is 0 Å². The summed E-state index contributed by atoms with van der Waals surface area (Å²) >= 11 is 0. The molecule has 2 atom stereocenters. The number of nitrogens with two attached hydrogens (primary N) is 1. The molecule has 2 heterocycles. The maximum absolute atomic E-state index is 5.96. The lowest BCUT2D eigenvalue weighted by atomic mass is 9.99. The number of rotatable bonds is 3. The van der Waals surface area contributed by atoms with E-state index in [0.717, 1.165) is 32.4 Å². The van der Waals surface area contributed by atoms with Gasteiger partial charge in [0.05, 0.1) is 6.20 Å². The molecule has 2 unspecified atom stereocenters. The molecule has 90 valence electrons. The monoisotopic (exact) mass is 222 g/mol. The summed E-state index contributed by atoms with van der Waals surface area (Å²) in [5, 5.41) is 4.19. The summed E-state index contributed by atoms with van der Waals surface area (Å²) < 4.78 is 1.87. The highest BCUT2D eigenvalue weighted by Gasteiger charge is 2.22. The molecule has 1 fully saturated rings. The average Bonchev–Trinajstić information content (AvgIpc) is 2.63. The van der Waals surface area contributed by atoms with Crippen molar-refractivity contribution in [3.05, 3.63) is 18.0 Å². The van der Waals surface area contributed by atoms with Crippen LogP contribution in [0.15, 0.2) is 12.4 Å². The predicted molar refractivity (Wildman–Crippen MR) is 65.2 cm³/mol. The fraction of sp³-hybridized carbons (Fsp3) is 0.750. The van der Waals surface area contributed by atoms with Crippen LogP contribution in [0.4, 0.5) is 0 Å². The largest absolute Gasteiger partial charge is 0.328 e. The molecule has 4 heteroatoms. The van der Waals surface area contributed by atoms with E-state index in [9.17, 15) is 0 Å². The number of aryl methyl sites for hydroxylation is 1. The predicted octanol–water partition coefficient (Wildman–Crippen LogP) is 0.774. The van der Waals surface area contributed by atoms with Gasteiger partial charge in [-0.25, -0.2) is 0 Å². The first-order chi connectivity index (χ1) is 7.65. The highest BCUT2D eigenvalue weighted by atomic mass is 15.2. The van der Waals surface area contributed by atoms with Gasteiger partial charge in [0.15, 0.2) is 0 Å². The minimum atomic E-state index is 0.407. The summed E-state index contributed by atoms with van der Waals surface area (Å²) in [4.78, 5) is 2.54. The van der Waals surface area contributed by atoms with Gasteiger partial charge in [-0.1, -0.05) is 0 Å². The zero-order valence-electron chi connectivity index (χ0n) is 10.3. The van der Waals surface area contributed by atoms with E-state index in [1.54, 1.807) is 0 Å². The molecule has 0 aliphatic carbocycles. The van der Waals surface area contributed by atoms with Gasteiger partial charge in [0.25, 0.3) is 0 Å². The third-order valence-electron chi connectivity index (χ3n) is 3.50. The minimum Gasteiger partial charge on any atom is -0.328 e. The van der Waals surface area contributed by atoms with Crippen molar-refractivity contribution in [3.8, 4) is 0 Å². The maximum Gasteiger partial charge on any atom is 0.0522 e. The second-order valence-electron chi connectivity index (χ2n) is 4.94. The second-order valence-corrected chi connectivity index (χ2v) is 4.94. The lowest BCUT2D eigenvalue weighted by Gasteiger charge is -2.36. The van der Waals surface area contributed by atoms with Gasteiger partial charge in [-0.15, -0.1) is 0 Å². The average molecular weight is 222 g/mol. The molecule has 4 nitrogen and oxygen atoms in total. The highest BCUT2D eigenvalue weighted by molar-refractivity contribution is 5.04. The van der Waals surface area contributed by atoms with Crippen molar-refractivity contribution in [1.29, 1.82) is 0 Å². The Morgan fingerprint density at radius 1 is 1.56 bits per heavy atom. The quantitative estimate of drug-likeness (QED) is 0.822. The van der Waals surface area contributed by atoms with Crippen molar-refractivity contribution in [2.75, 3.05) is 13.1 Å². The van der Waals surface area contributed by atoms with Crippen LogP contribution in [0.2, 0.25) is 0 Å². The molecular weight excluding hydrogens is 200 g/mol. The summed E-state index contributed by atoms with van der Waals surface area (Å²) in [6.07, 6.45) is 7.42. The maximum atomic E-state index is 5.96. The zero-order chi connectivity index (χ0) is 11.5. The first kappa shape index (κ1) is 11.6. The van der Waals surface area contributed by atoms with Gasteiger partial charge in [0.2, 0.25) is 0 Å². The van der Waals surface area contributed by atoms with Crippen LogP contribution in [0.5, 0.6) is 0 Å². The Balaban J connectivity index is 1.81. The van der Waals surface area contributed by atoms with E-state index in [1.165, 1.54) is 5.56 Å². The van der Waals surface area contributed by atoms with Crippen molar-refractivity contribution < 1.29 is 0 Å². The molecule has 2 rings (SSSR count). The van der Waals surface area contributed by atoms with E-state index >= 15 is 0 Å². The van der Waals surface area contributed by atoms with Gasteiger partial charge in [-0.05, 0) is 38.3 Å². The number of hydrogen-bond acceptors (Lipinski definition) is 3. The van der Waals surface area contributed by atoms with Crippen LogP contribution in [-0.2, 0) is 13.5 Å². The lowest BCUT2D eigenvalue weighted by Crippen LogP contribution is -2.46. The number of aromatic nitrogens is 2. The van der Waals surface area contributed by atoms with E-state index in [4.69, 9.17) is 5.73 Å². The molecule has 0 radical (unpaired) electrons. The SMILES string of the molecule is CC1CC(N)CCN1CCc1cnn(C)c1. The van der Waals surface area contributed by atoms with E-state index in [-0.39, 0.29) is 0 Å². The number of nitrogens with zero attached hydrogens (tertiary/aromatic N) is 3. The van der Waals surface area contributed by atoms with E-state index in [2.05, 4.69) is 23.1 Å². The molecule has 0 spiro atoms. The normalized spacial score (nSPS) is 27.2.